The zero-order valence-corrected chi connectivity index (χ0v) is 9.92. The first-order chi connectivity index (χ1) is 8.22. The van der Waals surface area contributed by atoms with Crippen molar-refractivity contribution in [1.29, 1.82) is 0 Å². The third-order valence-electron chi connectivity index (χ3n) is 2.31. The minimum Gasteiger partial charge on any atom is -0.384 e. The summed E-state index contributed by atoms with van der Waals surface area (Å²) >= 11 is 0. The van der Waals surface area contributed by atoms with Crippen molar-refractivity contribution in [3.63, 3.8) is 0 Å². The summed E-state index contributed by atoms with van der Waals surface area (Å²) in [5.41, 5.74) is 7.35. The summed E-state index contributed by atoms with van der Waals surface area (Å²) in [4.78, 5) is 8.56. The lowest BCUT2D eigenvalue weighted by Gasteiger charge is -2.03. The summed E-state index contributed by atoms with van der Waals surface area (Å²) in [6.07, 6.45) is 3.63. The average Bonchev–Trinajstić information content (AvgIpc) is 2.77. The molecule has 2 aromatic heterocycles. The third-order valence-corrected chi connectivity index (χ3v) is 2.31. The quantitative estimate of drug-likeness (QED) is 0.855. The van der Waals surface area contributed by atoms with E-state index in [2.05, 4.69) is 15.1 Å². The van der Waals surface area contributed by atoms with Gasteiger partial charge in [0.05, 0.1) is 24.1 Å². The highest BCUT2D eigenvalue weighted by Crippen LogP contribution is 2.16. The van der Waals surface area contributed by atoms with Gasteiger partial charge in [-0.25, -0.2) is 9.97 Å². The molecule has 2 heterocycles. The molecule has 2 aromatic rings. The predicted molar refractivity (Wildman–Crippen MR) is 64.1 cm³/mol. The van der Waals surface area contributed by atoms with Crippen molar-refractivity contribution in [3.8, 4) is 11.4 Å². The van der Waals surface area contributed by atoms with Crippen molar-refractivity contribution in [2.75, 3.05) is 12.8 Å². The Balaban J connectivity index is 2.37. The topological polar surface area (TPSA) is 78.9 Å². The molecule has 0 amide bonds. The molecule has 0 atom stereocenters. The van der Waals surface area contributed by atoms with Gasteiger partial charge in [-0.3, -0.25) is 4.68 Å². The van der Waals surface area contributed by atoms with Gasteiger partial charge in [0.15, 0.2) is 5.82 Å². The van der Waals surface area contributed by atoms with Gasteiger partial charge in [0, 0.05) is 25.9 Å². The van der Waals surface area contributed by atoms with E-state index in [9.17, 15) is 0 Å². The Morgan fingerprint density at radius 3 is 2.88 bits per heavy atom. The molecule has 0 bridgehead atoms. The van der Waals surface area contributed by atoms with E-state index in [0.29, 0.717) is 18.2 Å². The number of ether oxygens (including phenoxy) is 1. The molecule has 0 fully saturated rings. The molecule has 2 rings (SSSR count). The molecule has 0 aliphatic heterocycles. The molecule has 0 saturated carbocycles. The molecule has 17 heavy (non-hydrogen) atoms. The number of aromatic nitrogens is 4. The lowest BCUT2D eigenvalue weighted by atomic mass is 10.3. The Hall–Kier alpha value is -1.95. The summed E-state index contributed by atoms with van der Waals surface area (Å²) in [5, 5.41) is 4.18. The normalized spacial score (nSPS) is 10.7. The Morgan fingerprint density at radius 2 is 2.24 bits per heavy atom. The van der Waals surface area contributed by atoms with Crippen molar-refractivity contribution in [3.05, 3.63) is 24.2 Å². The zero-order valence-electron chi connectivity index (χ0n) is 9.92. The fourth-order valence-corrected chi connectivity index (χ4v) is 1.52. The van der Waals surface area contributed by atoms with Gasteiger partial charge in [-0.1, -0.05) is 0 Å². The first-order valence-corrected chi connectivity index (χ1v) is 5.38. The zero-order chi connectivity index (χ0) is 12.3. The highest BCUT2D eigenvalue weighted by Gasteiger charge is 2.07. The number of rotatable bonds is 4. The number of hydrogen-bond acceptors (Lipinski definition) is 5. The van der Waals surface area contributed by atoms with Gasteiger partial charge >= 0.3 is 0 Å². The van der Waals surface area contributed by atoms with Gasteiger partial charge in [-0.2, -0.15) is 5.10 Å². The first kappa shape index (κ1) is 11.5. The number of nitrogen functional groups attached to an aromatic ring is 1. The second kappa shape index (κ2) is 4.92. The number of methoxy groups -OCH3 is 1. The van der Waals surface area contributed by atoms with Crippen LogP contribution in [0.15, 0.2) is 18.5 Å². The lowest BCUT2D eigenvalue weighted by Crippen LogP contribution is -2.01. The maximum absolute atomic E-state index is 5.73. The number of nitrogens with two attached hydrogens (primary N) is 1. The van der Waals surface area contributed by atoms with Crippen LogP contribution in [0.4, 0.5) is 5.82 Å². The molecular weight excluding hydrogens is 218 g/mol. The van der Waals surface area contributed by atoms with Crippen molar-refractivity contribution < 1.29 is 4.74 Å². The second-order valence-corrected chi connectivity index (χ2v) is 3.63. The largest absolute Gasteiger partial charge is 0.384 e. The summed E-state index contributed by atoms with van der Waals surface area (Å²) in [6, 6.07) is 1.71. The van der Waals surface area contributed by atoms with Gasteiger partial charge in [0.1, 0.15) is 5.82 Å². The molecule has 0 spiro atoms. The molecule has 0 saturated heterocycles. The molecule has 90 valence electrons. The Bertz CT molecular complexity index is 508. The highest BCUT2D eigenvalue weighted by atomic mass is 16.5. The van der Waals surface area contributed by atoms with Crippen LogP contribution in [0.1, 0.15) is 12.6 Å². The molecular formula is C11H15N5O. The van der Waals surface area contributed by atoms with E-state index in [4.69, 9.17) is 10.5 Å². The fraction of sp³-hybridized carbons (Fsp3) is 0.364. The van der Waals surface area contributed by atoms with Gasteiger partial charge in [0.2, 0.25) is 0 Å². The lowest BCUT2D eigenvalue weighted by molar-refractivity contribution is 0.181. The number of hydrogen-bond donors (Lipinski definition) is 1. The minimum atomic E-state index is 0.418. The number of anilines is 1. The van der Waals surface area contributed by atoms with E-state index in [1.165, 1.54) is 0 Å². The maximum Gasteiger partial charge on any atom is 0.165 e. The second-order valence-electron chi connectivity index (χ2n) is 3.63. The van der Waals surface area contributed by atoms with E-state index in [1.54, 1.807) is 19.4 Å². The average molecular weight is 233 g/mol. The molecule has 0 unspecified atom stereocenters. The molecule has 0 aliphatic rings. The van der Waals surface area contributed by atoms with Crippen LogP contribution in [0.3, 0.4) is 0 Å². The molecule has 0 aromatic carbocycles. The van der Waals surface area contributed by atoms with Crippen LogP contribution in [-0.2, 0) is 17.9 Å². The van der Waals surface area contributed by atoms with Crippen LogP contribution in [0, 0.1) is 0 Å². The maximum atomic E-state index is 5.73. The summed E-state index contributed by atoms with van der Waals surface area (Å²) < 4.78 is 6.85. The Morgan fingerprint density at radius 1 is 1.41 bits per heavy atom. The SMILES string of the molecule is CCn1cc(-c2nc(N)cc(COC)n2)cn1. The van der Waals surface area contributed by atoms with E-state index in [-0.39, 0.29) is 0 Å². The molecule has 2 N–H and O–H groups in total. The molecule has 6 heteroatoms. The predicted octanol–water partition coefficient (Wildman–Crippen LogP) is 1.09. The highest BCUT2D eigenvalue weighted by molar-refractivity contribution is 5.54. The summed E-state index contributed by atoms with van der Waals surface area (Å²) in [7, 11) is 1.62. The van der Waals surface area contributed by atoms with Crippen LogP contribution in [0.25, 0.3) is 11.4 Å². The molecule has 6 nitrogen and oxygen atoms in total. The standard InChI is InChI=1S/C11H15N5O/c1-3-16-6-8(5-13-16)11-14-9(7-17-2)4-10(12)15-11/h4-6H,3,7H2,1-2H3,(H2,12,14,15). The fourth-order valence-electron chi connectivity index (χ4n) is 1.52. The number of aryl methyl sites for hydroxylation is 1. The van der Waals surface area contributed by atoms with Crippen molar-refractivity contribution >= 4 is 5.82 Å². The monoisotopic (exact) mass is 233 g/mol. The van der Waals surface area contributed by atoms with E-state index < -0.39 is 0 Å². The van der Waals surface area contributed by atoms with Gasteiger partial charge in [-0.05, 0) is 6.92 Å². The van der Waals surface area contributed by atoms with Crippen LogP contribution >= 0.6 is 0 Å². The van der Waals surface area contributed by atoms with Crippen LogP contribution in [-0.4, -0.2) is 26.9 Å². The Labute approximate surface area is 99.4 Å². The summed E-state index contributed by atoms with van der Waals surface area (Å²) in [6.45, 7) is 3.25. The van der Waals surface area contributed by atoms with E-state index >= 15 is 0 Å². The van der Waals surface area contributed by atoms with Crippen LogP contribution in [0.2, 0.25) is 0 Å². The van der Waals surface area contributed by atoms with Crippen LogP contribution in [0.5, 0.6) is 0 Å². The van der Waals surface area contributed by atoms with Gasteiger partial charge < -0.3 is 10.5 Å². The van der Waals surface area contributed by atoms with Crippen molar-refractivity contribution in [2.24, 2.45) is 0 Å². The minimum absolute atomic E-state index is 0.418. The number of nitrogens with zero attached hydrogens (tertiary/aromatic N) is 4. The van der Waals surface area contributed by atoms with Crippen LogP contribution < -0.4 is 5.73 Å². The molecule has 0 radical (unpaired) electrons. The van der Waals surface area contributed by atoms with Crippen molar-refractivity contribution in [1.82, 2.24) is 19.7 Å². The Kier molecular flexibility index (Phi) is 3.34. The van der Waals surface area contributed by atoms with Crippen molar-refractivity contribution in [2.45, 2.75) is 20.1 Å². The van der Waals surface area contributed by atoms with Gasteiger partial charge in [0.25, 0.3) is 0 Å². The third kappa shape index (κ3) is 2.59. The van der Waals surface area contributed by atoms with E-state index in [1.807, 2.05) is 17.8 Å². The summed E-state index contributed by atoms with van der Waals surface area (Å²) in [5.74, 6) is 1.02. The smallest absolute Gasteiger partial charge is 0.165 e. The molecule has 0 aliphatic carbocycles. The van der Waals surface area contributed by atoms with Gasteiger partial charge in [-0.15, -0.1) is 0 Å². The van der Waals surface area contributed by atoms with E-state index in [0.717, 1.165) is 17.8 Å². The first-order valence-electron chi connectivity index (χ1n) is 5.38.